The first-order valence-electron chi connectivity index (χ1n) is 9.71. The Labute approximate surface area is 183 Å². The Hall–Kier alpha value is -4.20. The molecule has 7 nitrogen and oxygen atoms in total. The summed E-state index contributed by atoms with van der Waals surface area (Å²) in [5, 5.41) is 21.0. The number of ether oxygens (including phenoxy) is 1. The number of halogens is 1. The van der Waals surface area contributed by atoms with Crippen LogP contribution in [0.2, 0.25) is 0 Å². The third-order valence-corrected chi connectivity index (χ3v) is 5.23. The van der Waals surface area contributed by atoms with Crippen molar-refractivity contribution in [1.29, 1.82) is 0 Å². The topological polar surface area (TPSA) is 100.0 Å². The molecule has 8 heteroatoms. The number of aliphatic hydroxyl groups excluding tert-OH is 1. The Morgan fingerprint density at radius 2 is 1.97 bits per heavy atom. The number of phenols is 1. The molecular formula is C24H19FN2O5. The minimum absolute atomic E-state index is 0.0211. The van der Waals surface area contributed by atoms with E-state index in [0.717, 1.165) is 6.07 Å². The van der Waals surface area contributed by atoms with Gasteiger partial charge < -0.3 is 19.8 Å². The third-order valence-electron chi connectivity index (χ3n) is 5.23. The normalized spacial score (nSPS) is 17.6. The first kappa shape index (κ1) is 21.0. The summed E-state index contributed by atoms with van der Waals surface area (Å²) in [6.45, 7) is 0.0481. The second kappa shape index (κ2) is 8.50. The fraction of sp³-hybridized carbons (Fsp3) is 0.125. The lowest BCUT2D eigenvalue weighted by Crippen LogP contribution is -2.29. The van der Waals surface area contributed by atoms with Crippen LogP contribution in [0.3, 0.4) is 0 Å². The van der Waals surface area contributed by atoms with Crippen LogP contribution in [0.4, 0.5) is 4.39 Å². The second-order valence-electron chi connectivity index (χ2n) is 7.23. The van der Waals surface area contributed by atoms with Crippen molar-refractivity contribution in [3.8, 4) is 11.5 Å². The van der Waals surface area contributed by atoms with Gasteiger partial charge in [0.25, 0.3) is 11.7 Å². The molecule has 2 N–H and O–H groups in total. The highest BCUT2D eigenvalue weighted by molar-refractivity contribution is 6.46. The number of ketones is 1. The average molecular weight is 434 g/mol. The number of carbonyl (C=O) groups excluding carboxylic acids is 2. The van der Waals surface area contributed by atoms with Gasteiger partial charge in [-0.15, -0.1) is 0 Å². The minimum Gasteiger partial charge on any atom is -0.508 e. The maximum absolute atomic E-state index is 14.2. The Kier molecular flexibility index (Phi) is 5.59. The molecule has 0 bridgehead atoms. The number of hydrogen-bond donors (Lipinski definition) is 2. The standard InChI is InChI=1S/C24H19FN2O5/c1-32-19-8-7-16(11-18(19)25)22(29)20-21(15-5-2-6-17(28)10-15)27(24(31)23(20)30)13-14-4-3-9-26-12-14/h2-12,21,28-29H,13H2,1H3. The van der Waals surface area contributed by atoms with Gasteiger partial charge in [-0.3, -0.25) is 14.6 Å². The molecule has 1 aliphatic heterocycles. The molecule has 162 valence electrons. The molecule has 2 heterocycles. The van der Waals surface area contributed by atoms with Crippen molar-refractivity contribution in [3.05, 3.63) is 95.1 Å². The Morgan fingerprint density at radius 3 is 2.62 bits per heavy atom. The maximum Gasteiger partial charge on any atom is 0.295 e. The van der Waals surface area contributed by atoms with Gasteiger partial charge in [0.1, 0.15) is 11.5 Å². The minimum atomic E-state index is -0.993. The molecule has 1 aliphatic rings. The van der Waals surface area contributed by atoms with Crippen LogP contribution in [-0.2, 0) is 16.1 Å². The molecule has 1 aromatic heterocycles. The molecule has 1 atom stereocenters. The van der Waals surface area contributed by atoms with E-state index in [1.165, 1.54) is 36.3 Å². The van der Waals surface area contributed by atoms with Crippen LogP contribution >= 0.6 is 0 Å². The number of rotatable bonds is 5. The number of nitrogens with zero attached hydrogens (tertiary/aromatic N) is 2. The first-order chi connectivity index (χ1) is 15.4. The van der Waals surface area contributed by atoms with E-state index < -0.39 is 29.3 Å². The second-order valence-corrected chi connectivity index (χ2v) is 7.23. The zero-order valence-corrected chi connectivity index (χ0v) is 17.0. The van der Waals surface area contributed by atoms with E-state index in [-0.39, 0.29) is 29.2 Å². The number of phenolic OH excluding ortho intramolecular Hbond substituents is 1. The highest BCUT2D eigenvalue weighted by Crippen LogP contribution is 2.41. The largest absolute Gasteiger partial charge is 0.508 e. The SMILES string of the molecule is COc1ccc(C(O)=C2C(=O)C(=O)N(Cc3cccnc3)C2c2cccc(O)c2)cc1F. The lowest BCUT2D eigenvalue weighted by molar-refractivity contribution is -0.140. The van der Waals surface area contributed by atoms with Crippen molar-refractivity contribution in [1.82, 2.24) is 9.88 Å². The number of methoxy groups -OCH3 is 1. The van der Waals surface area contributed by atoms with Crippen LogP contribution in [0.1, 0.15) is 22.7 Å². The van der Waals surface area contributed by atoms with Crippen molar-refractivity contribution < 1.29 is 28.9 Å². The lowest BCUT2D eigenvalue weighted by Gasteiger charge is -2.25. The smallest absolute Gasteiger partial charge is 0.295 e. The number of benzene rings is 2. The van der Waals surface area contributed by atoms with Gasteiger partial charge in [-0.1, -0.05) is 18.2 Å². The molecular weight excluding hydrogens is 415 g/mol. The van der Waals surface area contributed by atoms with Gasteiger partial charge in [0.05, 0.1) is 18.7 Å². The van der Waals surface area contributed by atoms with Crippen LogP contribution in [0.25, 0.3) is 5.76 Å². The molecule has 1 unspecified atom stereocenters. The molecule has 1 saturated heterocycles. The molecule has 0 aliphatic carbocycles. The molecule has 2 aromatic carbocycles. The summed E-state index contributed by atoms with van der Waals surface area (Å²) < 4.78 is 19.1. The monoisotopic (exact) mass is 434 g/mol. The number of carbonyl (C=O) groups is 2. The summed E-state index contributed by atoms with van der Waals surface area (Å²) in [5.41, 5.74) is 0.917. The Balaban J connectivity index is 1.87. The Bertz CT molecular complexity index is 1230. The van der Waals surface area contributed by atoms with E-state index in [1.54, 1.807) is 36.7 Å². The van der Waals surface area contributed by atoms with Crippen molar-refractivity contribution >= 4 is 17.4 Å². The lowest BCUT2D eigenvalue weighted by atomic mass is 9.95. The van der Waals surface area contributed by atoms with E-state index >= 15 is 0 Å². The van der Waals surface area contributed by atoms with Crippen molar-refractivity contribution in [2.45, 2.75) is 12.6 Å². The van der Waals surface area contributed by atoms with Gasteiger partial charge in [0, 0.05) is 24.5 Å². The summed E-state index contributed by atoms with van der Waals surface area (Å²) in [7, 11) is 1.31. The van der Waals surface area contributed by atoms with E-state index in [4.69, 9.17) is 4.74 Å². The van der Waals surface area contributed by atoms with Crippen LogP contribution in [0.5, 0.6) is 11.5 Å². The highest BCUT2D eigenvalue weighted by Gasteiger charge is 2.46. The predicted octanol–water partition coefficient (Wildman–Crippen LogP) is 3.56. The van der Waals surface area contributed by atoms with E-state index in [2.05, 4.69) is 4.98 Å². The van der Waals surface area contributed by atoms with Crippen LogP contribution in [0.15, 0.2) is 72.6 Å². The summed E-state index contributed by atoms with van der Waals surface area (Å²) in [5.74, 6) is -3.07. The Morgan fingerprint density at radius 1 is 1.16 bits per heavy atom. The number of likely N-dealkylation sites (tertiary alicyclic amines) is 1. The maximum atomic E-state index is 14.2. The van der Waals surface area contributed by atoms with Crippen molar-refractivity contribution in [2.75, 3.05) is 7.11 Å². The summed E-state index contributed by atoms with van der Waals surface area (Å²) in [6.07, 6.45) is 3.15. The zero-order valence-electron chi connectivity index (χ0n) is 17.0. The number of pyridine rings is 1. The van der Waals surface area contributed by atoms with E-state index in [0.29, 0.717) is 11.1 Å². The molecule has 1 amide bonds. The van der Waals surface area contributed by atoms with E-state index in [9.17, 15) is 24.2 Å². The van der Waals surface area contributed by atoms with Crippen LogP contribution < -0.4 is 4.74 Å². The summed E-state index contributed by atoms with van der Waals surface area (Å²) in [4.78, 5) is 31.3. The molecule has 0 radical (unpaired) electrons. The number of hydrogen-bond acceptors (Lipinski definition) is 6. The fourth-order valence-electron chi connectivity index (χ4n) is 3.74. The van der Waals surface area contributed by atoms with Gasteiger partial charge in [-0.05, 0) is 47.5 Å². The van der Waals surface area contributed by atoms with Crippen molar-refractivity contribution in [2.24, 2.45) is 0 Å². The number of Topliss-reactive ketones (excluding diaryl/α,β-unsaturated/α-hetero) is 1. The van der Waals surface area contributed by atoms with Crippen LogP contribution in [0, 0.1) is 5.82 Å². The number of aromatic hydroxyl groups is 1. The number of aliphatic hydroxyl groups is 1. The summed E-state index contributed by atoms with van der Waals surface area (Å²) >= 11 is 0. The summed E-state index contributed by atoms with van der Waals surface area (Å²) in [6, 6.07) is 12.3. The fourth-order valence-corrected chi connectivity index (χ4v) is 3.74. The highest BCUT2D eigenvalue weighted by atomic mass is 19.1. The van der Waals surface area contributed by atoms with Gasteiger partial charge in [-0.25, -0.2) is 4.39 Å². The first-order valence-corrected chi connectivity index (χ1v) is 9.71. The van der Waals surface area contributed by atoms with E-state index in [1.807, 2.05) is 0 Å². The van der Waals surface area contributed by atoms with Gasteiger partial charge in [-0.2, -0.15) is 0 Å². The molecule has 4 rings (SSSR count). The zero-order chi connectivity index (χ0) is 22.8. The van der Waals surface area contributed by atoms with Gasteiger partial charge in [0.2, 0.25) is 0 Å². The molecule has 0 spiro atoms. The van der Waals surface area contributed by atoms with Crippen molar-refractivity contribution in [3.63, 3.8) is 0 Å². The predicted molar refractivity (Wildman–Crippen MR) is 113 cm³/mol. The quantitative estimate of drug-likeness (QED) is 0.362. The molecule has 0 saturated carbocycles. The molecule has 1 fully saturated rings. The number of aromatic nitrogens is 1. The molecule has 32 heavy (non-hydrogen) atoms. The third kappa shape index (κ3) is 3.78. The number of amides is 1. The molecule has 3 aromatic rings. The average Bonchev–Trinajstić information content (AvgIpc) is 3.04. The van der Waals surface area contributed by atoms with Gasteiger partial charge >= 0.3 is 0 Å². The van der Waals surface area contributed by atoms with Crippen LogP contribution in [-0.4, -0.2) is 38.9 Å². The van der Waals surface area contributed by atoms with Gasteiger partial charge in [0.15, 0.2) is 11.6 Å².